The van der Waals surface area contributed by atoms with E-state index in [0.717, 1.165) is 0 Å². The second kappa shape index (κ2) is 4.24. The van der Waals surface area contributed by atoms with E-state index < -0.39 is 0 Å². The van der Waals surface area contributed by atoms with Crippen molar-refractivity contribution in [1.29, 1.82) is 0 Å². The summed E-state index contributed by atoms with van der Waals surface area (Å²) in [4.78, 5) is 0. The summed E-state index contributed by atoms with van der Waals surface area (Å²) < 4.78 is 2.46. The fourth-order valence-corrected chi connectivity index (χ4v) is 6.34. The molecule has 3 aliphatic rings. The largest absolute Gasteiger partial charge is 0.213 e. The SMILES string of the molecule is C=C1C2(C)c3cc4c(cc3-c3cccc[n+]3C12C)C(C)(C)C(C)(C)C4(C)C. The zero-order valence-corrected chi connectivity index (χ0v) is 18.1. The van der Waals surface area contributed by atoms with Crippen molar-refractivity contribution in [2.75, 3.05) is 0 Å². The molecular weight excluding hydrogens is 326 g/mol. The van der Waals surface area contributed by atoms with Crippen molar-refractivity contribution in [2.24, 2.45) is 5.41 Å². The molecule has 1 heteroatoms. The van der Waals surface area contributed by atoms with E-state index in [1.807, 2.05) is 0 Å². The van der Waals surface area contributed by atoms with E-state index in [-0.39, 0.29) is 27.2 Å². The Morgan fingerprint density at radius 3 is 2.00 bits per heavy atom. The van der Waals surface area contributed by atoms with Gasteiger partial charge in [0, 0.05) is 24.6 Å². The monoisotopic (exact) mass is 358 g/mol. The first kappa shape index (κ1) is 17.2. The number of fused-ring (bicyclic) bond motifs is 7. The highest BCUT2D eigenvalue weighted by Gasteiger charge is 2.77. The quantitative estimate of drug-likeness (QED) is 0.414. The van der Waals surface area contributed by atoms with Gasteiger partial charge in [0.25, 0.3) is 0 Å². The maximum atomic E-state index is 4.52. The van der Waals surface area contributed by atoms with Gasteiger partial charge in [-0.15, -0.1) is 0 Å². The first-order chi connectivity index (χ1) is 12.3. The number of allylic oxidation sites excluding steroid dienone is 1. The molecule has 0 N–H and O–H groups in total. The molecule has 0 bridgehead atoms. The molecule has 1 aliphatic heterocycles. The van der Waals surface area contributed by atoms with Gasteiger partial charge in [0.05, 0.1) is 11.0 Å². The van der Waals surface area contributed by atoms with Crippen LogP contribution < -0.4 is 4.57 Å². The van der Waals surface area contributed by atoms with E-state index in [9.17, 15) is 0 Å². The van der Waals surface area contributed by atoms with Crippen LogP contribution in [0.25, 0.3) is 11.3 Å². The van der Waals surface area contributed by atoms with Crippen LogP contribution in [0, 0.1) is 5.41 Å². The normalized spacial score (nSPS) is 33.0. The van der Waals surface area contributed by atoms with Crippen LogP contribution >= 0.6 is 0 Å². The van der Waals surface area contributed by atoms with Crippen LogP contribution in [-0.2, 0) is 21.8 Å². The van der Waals surface area contributed by atoms with Crippen molar-refractivity contribution in [2.45, 2.75) is 77.2 Å². The lowest BCUT2D eigenvalue weighted by molar-refractivity contribution is -0.727. The first-order valence-corrected chi connectivity index (χ1v) is 10.3. The number of rotatable bonds is 0. The molecule has 0 spiro atoms. The highest BCUT2D eigenvalue weighted by atomic mass is 15.2. The molecule has 0 amide bonds. The summed E-state index contributed by atoms with van der Waals surface area (Å²) in [6, 6.07) is 11.7. The molecule has 2 aliphatic carbocycles. The summed E-state index contributed by atoms with van der Waals surface area (Å²) in [6.45, 7) is 23.9. The van der Waals surface area contributed by atoms with Crippen LogP contribution in [0.5, 0.6) is 0 Å². The van der Waals surface area contributed by atoms with Crippen LogP contribution in [0.2, 0.25) is 0 Å². The van der Waals surface area contributed by atoms with Crippen molar-refractivity contribution in [3.8, 4) is 11.3 Å². The van der Waals surface area contributed by atoms with Crippen LogP contribution in [0.3, 0.4) is 0 Å². The Morgan fingerprint density at radius 2 is 1.37 bits per heavy atom. The molecule has 2 aromatic rings. The molecule has 140 valence electrons. The molecule has 27 heavy (non-hydrogen) atoms. The van der Waals surface area contributed by atoms with Crippen LogP contribution in [0.4, 0.5) is 0 Å². The Hall–Kier alpha value is -1.89. The van der Waals surface area contributed by atoms with Gasteiger partial charge in [-0.3, -0.25) is 0 Å². The second-order valence-electron chi connectivity index (χ2n) is 11.0. The minimum atomic E-state index is -0.0153. The Balaban J connectivity index is 1.91. The van der Waals surface area contributed by atoms with Crippen molar-refractivity contribution >= 4 is 0 Å². The number of hydrogen-bond donors (Lipinski definition) is 0. The molecule has 2 atom stereocenters. The average Bonchev–Trinajstić information content (AvgIpc) is 3.05. The molecule has 1 aromatic heterocycles. The van der Waals surface area contributed by atoms with Crippen molar-refractivity contribution in [3.05, 3.63) is 65.4 Å². The third-order valence-electron chi connectivity index (χ3n) is 9.89. The van der Waals surface area contributed by atoms with Gasteiger partial charge < -0.3 is 0 Å². The van der Waals surface area contributed by atoms with E-state index in [1.165, 1.54) is 33.5 Å². The zero-order valence-electron chi connectivity index (χ0n) is 18.1. The summed E-state index contributed by atoms with van der Waals surface area (Å²) in [7, 11) is 0. The van der Waals surface area contributed by atoms with Gasteiger partial charge in [0.2, 0.25) is 11.2 Å². The molecule has 1 aromatic carbocycles. The van der Waals surface area contributed by atoms with Gasteiger partial charge in [-0.25, -0.2) is 0 Å². The predicted molar refractivity (Wildman–Crippen MR) is 112 cm³/mol. The third-order valence-corrected chi connectivity index (χ3v) is 9.89. The fourth-order valence-electron chi connectivity index (χ4n) is 6.34. The van der Waals surface area contributed by atoms with E-state index in [4.69, 9.17) is 0 Å². The predicted octanol–water partition coefficient (Wildman–Crippen LogP) is 5.79. The van der Waals surface area contributed by atoms with Crippen LogP contribution in [0.15, 0.2) is 48.7 Å². The number of aromatic nitrogens is 1. The van der Waals surface area contributed by atoms with E-state index in [1.54, 1.807) is 0 Å². The summed E-state index contributed by atoms with van der Waals surface area (Å²) in [5.74, 6) is 0. The van der Waals surface area contributed by atoms with Crippen molar-refractivity contribution in [3.63, 3.8) is 0 Å². The summed E-state index contributed by atoms with van der Waals surface area (Å²) in [5, 5.41) is 0. The summed E-state index contributed by atoms with van der Waals surface area (Å²) in [6.07, 6.45) is 2.24. The fraction of sp³-hybridized carbons (Fsp3) is 0.500. The summed E-state index contributed by atoms with van der Waals surface area (Å²) >= 11 is 0. The topological polar surface area (TPSA) is 3.88 Å². The van der Waals surface area contributed by atoms with E-state index in [2.05, 4.69) is 103 Å². The van der Waals surface area contributed by atoms with Gasteiger partial charge in [0.1, 0.15) is 0 Å². The van der Waals surface area contributed by atoms with Crippen LogP contribution in [0.1, 0.15) is 72.1 Å². The molecule has 2 unspecified atom stereocenters. The van der Waals surface area contributed by atoms with Gasteiger partial charge in [-0.2, -0.15) is 4.57 Å². The molecule has 5 rings (SSSR count). The Bertz CT molecular complexity index is 1050. The van der Waals surface area contributed by atoms with Gasteiger partial charge in [0.15, 0.2) is 6.20 Å². The second-order valence-corrected chi connectivity index (χ2v) is 11.0. The lowest BCUT2D eigenvalue weighted by Crippen LogP contribution is -2.52. The molecule has 1 nitrogen and oxygen atoms in total. The average molecular weight is 359 g/mol. The molecular formula is C26H32N+. The number of nitrogens with zero attached hydrogens (tertiary/aromatic N) is 1. The lowest BCUT2D eigenvalue weighted by Gasteiger charge is -2.44. The highest BCUT2D eigenvalue weighted by Crippen LogP contribution is 2.69. The molecule has 0 radical (unpaired) electrons. The number of benzene rings is 1. The highest BCUT2D eigenvalue weighted by molar-refractivity contribution is 5.76. The maximum Gasteiger partial charge on any atom is 0.213 e. The molecule has 1 saturated carbocycles. The first-order valence-electron chi connectivity index (χ1n) is 10.3. The van der Waals surface area contributed by atoms with E-state index in [0.29, 0.717) is 0 Å². The van der Waals surface area contributed by atoms with Crippen molar-refractivity contribution in [1.82, 2.24) is 0 Å². The summed E-state index contributed by atoms with van der Waals surface area (Å²) in [5.41, 5.74) is 9.03. The van der Waals surface area contributed by atoms with Gasteiger partial charge >= 0.3 is 0 Å². The number of hydrogen-bond acceptors (Lipinski definition) is 0. The molecule has 0 saturated heterocycles. The zero-order chi connectivity index (χ0) is 19.8. The van der Waals surface area contributed by atoms with E-state index >= 15 is 0 Å². The minimum Gasteiger partial charge on any atom is -0.188 e. The molecule has 1 fully saturated rings. The van der Waals surface area contributed by atoms with Gasteiger partial charge in [-0.1, -0.05) is 54.2 Å². The lowest BCUT2D eigenvalue weighted by atomic mass is 9.59. The van der Waals surface area contributed by atoms with Gasteiger partial charge in [-0.05, 0) is 52.0 Å². The smallest absolute Gasteiger partial charge is 0.188 e. The Labute approximate surface area is 164 Å². The standard InChI is InChI=1S/C26H32N/c1-16-25(8)18-15-20-19(22(2,3)24(6,7)23(20,4)5)14-17(18)21-12-10-11-13-27(21)26(16,25)9/h10-15H,1H2,2-9H3/q+1. The minimum absolute atomic E-state index is 0.0153. The van der Waals surface area contributed by atoms with Crippen molar-refractivity contribution < 1.29 is 4.57 Å². The molecule has 2 heterocycles. The third kappa shape index (κ3) is 1.45. The van der Waals surface area contributed by atoms with Crippen LogP contribution in [-0.4, -0.2) is 0 Å². The maximum absolute atomic E-state index is 4.52. The Kier molecular flexibility index (Phi) is 2.70. The number of pyridine rings is 1. The Morgan fingerprint density at radius 1 is 0.778 bits per heavy atom.